The van der Waals surface area contributed by atoms with Gasteiger partial charge in [0.1, 0.15) is 11.6 Å². The van der Waals surface area contributed by atoms with Crippen LogP contribution in [0.3, 0.4) is 0 Å². The normalized spacial score (nSPS) is 10.5. The molecule has 0 spiro atoms. The van der Waals surface area contributed by atoms with Crippen LogP contribution in [0.15, 0.2) is 30.6 Å². The number of aromatic nitrogens is 3. The van der Waals surface area contributed by atoms with Crippen molar-refractivity contribution in [2.45, 2.75) is 0 Å². The van der Waals surface area contributed by atoms with E-state index in [9.17, 15) is 5.26 Å². The fraction of sp³-hybridized carbons (Fsp3) is 0.188. The number of rotatable bonds is 4. The van der Waals surface area contributed by atoms with E-state index in [-0.39, 0.29) is 0 Å². The van der Waals surface area contributed by atoms with E-state index in [2.05, 4.69) is 16.0 Å². The lowest BCUT2D eigenvalue weighted by Gasteiger charge is -2.09. The Morgan fingerprint density at radius 2 is 2.00 bits per heavy atom. The number of nitriles is 1. The second-order valence-electron chi connectivity index (χ2n) is 4.66. The third kappa shape index (κ3) is 2.58. The molecule has 0 unspecified atom stereocenters. The average molecular weight is 326 g/mol. The van der Waals surface area contributed by atoms with E-state index in [4.69, 9.17) is 9.47 Å². The molecule has 2 heterocycles. The smallest absolute Gasteiger partial charge is 0.170 e. The number of ether oxygens (including phenoxy) is 2. The molecule has 2 aromatic heterocycles. The van der Waals surface area contributed by atoms with Gasteiger partial charge in [-0.1, -0.05) is 0 Å². The van der Waals surface area contributed by atoms with Crippen LogP contribution < -0.4 is 9.47 Å². The minimum atomic E-state index is 0.504. The van der Waals surface area contributed by atoms with Crippen LogP contribution in [0.25, 0.3) is 22.4 Å². The molecule has 7 heteroatoms. The summed E-state index contributed by atoms with van der Waals surface area (Å²) in [6, 6.07) is 7.70. The molecular formula is C16H14N4O2S. The summed E-state index contributed by atoms with van der Waals surface area (Å²) in [6.07, 6.45) is 5.36. The molecule has 3 rings (SSSR count). The summed E-state index contributed by atoms with van der Waals surface area (Å²) < 4.78 is 12.4. The minimum absolute atomic E-state index is 0.504. The van der Waals surface area contributed by atoms with Crippen molar-refractivity contribution in [2.75, 3.05) is 20.5 Å². The van der Waals surface area contributed by atoms with E-state index in [1.165, 1.54) is 11.9 Å². The number of fused-ring (bicyclic) bond motifs is 1. The van der Waals surface area contributed by atoms with Gasteiger partial charge in [0, 0.05) is 18.0 Å². The molecule has 6 nitrogen and oxygen atoms in total. The third-order valence-electron chi connectivity index (χ3n) is 3.46. The zero-order valence-corrected chi connectivity index (χ0v) is 13.7. The molecule has 0 saturated heterocycles. The van der Waals surface area contributed by atoms with Gasteiger partial charge < -0.3 is 9.47 Å². The van der Waals surface area contributed by atoms with Crippen LogP contribution in [0.1, 0.15) is 5.56 Å². The number of hydrogen-bond acceptors (Lipinski definition) is 6. The van der Waals surface area contributed by atoms with Crippen LogP contribution in [0.2, 0.25) is 0 Å². The lowest BCUT2D eigenvalue weighted by atomic mass is 10.1. The average Bonchev–Trinajstić information content (AvgIpc) is 2.98. The van der Waals surface area contributed by atoms with Crippen molar-refractivity contribution in [2.24, 2.45) is 0 Å². The van der Waals surface area contributed by atoms with Crippen molar-refractivity contribution >= 4 is 23.1 Å². The van der Waals surface area contributed by atoms with E-state index < -0.39 is 0 Å². The summed E-state index contributed by atoms with van der Waals surface area (Å²) in [7, 11) is 3.18. The van der Waals surface area contributed by atoms with Crippen LogP contribution in [0.5, 0.6) is 11.5 Å². The third-order valence-corrected chi connectivity index (χ3v) is 4.13. The van der Waals surface area contributed by atoms with Gasteiger partial charge in [0.15, 0.2) is 17.1 Å². The molecule has 0 radical (unpaired) electrons. The van der Waals surface area contributed by atoms with Crippen LogP contribution in [0.4, 0.5) is 0 Å². The lowest BCUT2D eigenvalue weighted by molar-refractivity contribution is 0.355. The fourth-order valence-electron chi connectivity index (χ4n) is 2.32. The van der Waals surface area contributed by atoms with Crippen molar-refractivity contribution in [3.63, 3.8) is 0 Å². The summed E-state index contributed by atoms with van der Waals surface area (Å²) in [5, 5.41) is 9.28. The summed E-state index contributed by atoms with van der Waals surface area (Å²) in [6.45, 7) is 0. The van der Waals surface area contributed by atoms with Crippen molar-refractivity contribution in [3.8, 4) is 28.8 Å². The Kier molecular flexibility index (Phi) is 4.08. The topological polar surface area (TPSA) is 73.0 Å². The second kappa shape index (κ2) is 6.18. The van der Waals surface area contributed by atoms with Gasteiger partial charge in [0.2, 0.25) is 0 Å². The first-order chi connectivity index (χ1) is 11.2. The molecule has 0 saturated carbocycles. The summed E-state index contributed by atoms with van der Waals surface area (Å²) in [4.78, 5) is 9.05. The standard InChI is InChI=1S/C16H14N4O2S/c1-21-13-5-4-10(6-14(13)22-2)12-8-18-16-15(19-12)11(7-17)9-20(16)23-3/h4-6,8-9H,1-3H3. The van der Waals surface area contributed by atoms with Gasteiger partial charge in [-0.2, -0.15) is 5.26 Å². The molecule has 0 N–H and O–H groups in total. The first kappa shape index (κ1) is 15.2. The molecule has 0 aliphatic carbocycles. The van der Waals surface area contributed by atoms with Crippen LogP contribution in [0, 0.1) is 11.3 Å². The molecule has 0 aliphatic rings. The number of hydrogen-bond donors (Lipinski definition) is 0. The predicted octanol–water partition coefficient (Wildman–Crippen LogP) is 3.11. The van der Waals surface area contributed by atoms with Gasteiger partial charge >= 0.3 is 0 Å². The van der Waals surface area contributed by atoms with Gasteiger partial charge in [-0.15, -0.1) is 0 Å². The van der Waals surface area contributed by atoms with Gasteiger partial charge in [0.25, 0.3) is 0 Å². The number of benzene rings is 1. The van der Waals surface area contributed by atoms with E-state index in [1.807, 2.05) is 28.4 Å². The monoisotopic (exact) mass is 326 g/mol. The van der Waals surface area contributed by atoms with Crippen molar-refractivity contribution in [3.05, 3.63) is 36.2 Å². The molecule has 116 valence electrons. The highest BCUT2D eigenvalue weighted by Crippen LogP contribution is 2.32. The highest BCUT2D eigenvalue weighted by Gasteiger charge is 2.13. The van der Waals surface area contributed by atoms with Gasteiger partial charge in [-0.05, 0) is 30.1 Å². The zero-order chi connectivity index (χ0) is 16.4. The van der Waals surface area contributed by atoms with E-state index in [0.29, 0.717) is 33.9 Å². The zero-order valence-electron chi connectivity index (χ0n) is 12.9. The summed E-state index contributed by atoms with van der Waals surface area (Å²) in [5.74, 6) is 1.27. The van der Waals surface area contributed by atoms with Crippen LogP contribution in [-0.2, 0) is 0 Å². The highest BCUT2D eigenvalue weighted by molar-refractivity contribution is 7.97. The quantitative estimate of drug-likeness (QED) is 0.733. The van der Waals surface area contributed by atoms with Gasteiger partial charge in [-0.25, -0.2) is 9.97 Å². The van der Waals surface area contributed by atoms with E-state index >= 15 is 0 Å². The molecule has 0 bridgehead atoms. The van der Waals surface area contributed by atoms with E-state index in [1.54, 1.807) is 26.6 Å². The van der Waals surface area contributed by atoms with Crippen molar-refractivity contribution < 1.29 is 9.47 Å². The molecule has 0 amide bonds. The van der Waals surface area contributed by atoms with Crippen LogP contribution in [-0.4, -0.2) is 34.4 Å². The summed E-state index contributed by atoms with van der Waals surface area (Å²) in [5.41, 5.74) is 3.29. The van der Waals surface area contributed by atoms with Gasteiger partial charge in [0.05, 0.1) is 31.7 Å². The molecule has 0 aliphatic heterocycles. The molecule has 3 aromatic rings. The Hall–Kier alpha value is -2.72. The minimum Gasteiger partial charge on any atom is -0.493 e. The van der Waals surface area contributed by atoms with Crippen LogP contribution >= 0.6 is 11.9 Å². The number of nitrogens with zero attached hydrogens (tertiary/aromatic N) is 4. The number of methoxy groups -OCH3 is 2. The molecule has 0 atom stereocenters. The lowest BCUT2D eigenvalue weighted by Crippen LogP contribution is -1.93. The Morgan fingerprint density at radius 1 is 1.22 bits per heavy atom. The Labute approximate surface area is 137 Å². The highest BCUT2D eigenvalue weighted by atomic mass is 32.2. The molecule has 0 fully saturated rings. The molecule has 1 aromatic carbocycles. The molecule has 23 heavy (non-hydrogen) atoms. The van der Waals surface area contributed by atoms with Crippen molar-refractivity contribution in [1.82, 2.24) is 13.9 Å². The first-order valence-corrected chi connectivity index (χ1v) is 7.95. The Bertz CT molecular complexity index is 914. The largest absolute Gasteiger partial charge is 0.493 e. The SMILES string of the molecule is COc1ccc(-c2cnc3c(n2)c(C#N)cn3SC)cc1OC. The maximum atomic E-state index is 9.28. The second-order valence-corrected chi connectivity index (χ2v) is 5.42. The summed E-state index contributed by atoms with van der Waals surface area (Å²) >= 11 is 1.47. The maximum Gasteiger partial charge on any atom is 0.170 e. The van der Waals surface area contributed by atoms with Gasteiger partial charge in [-0.3, -0.25) is 3.97 Å². The fourth-order valence-corrected chi connectivity index (χ4v) is 2.84. The molecular weight excluding hydrogens is 312 g/mol. The predicted molar refractivity (Wildman–Crippen MR) is 89.7 cm³/mol. The maximum absolute atomic E-state index is 9.28. The Morgan fingerprint density at radius 3 is 2.65 bits per heavy atom. The first-order valence-electron chi connectivity index (χ1n) is 6.77. The van der Waals surface area contributed by atoms with Crippen molar-refractivity contribution in [1.29, 1.82) is 5.26 Å². The van der Waals surface area contributed by atoms with E-state index in [0.717, 1.165) is 5.56 Å². The Balaban J connectivity index is 2.16.